The molecule has 76 valence electrons. The fraction of sp³-hybridized carbons (Fsp3) is 0.571. The van der Waals surface area contributed by atoms with Crippen LogP contribution in [0.15, 0.2) is 18.2 Å². The molecule has 1 aliphatic carbocycles. The molecule has 0 spiro atoms. The molecule has 0 radical (unpaired) electrons. The third kappa shape index (κ3) is 2.17. The van der Waals surface area contributed by atoms with Crippen LogP contribution < -0.4 is 0 Å². The first-order valence-electron chi connectivity index (χ1n) is 5.84. The van der Waals surface area contributed by atoms with E-state index in [9.17, 15) is 0 Å². The Balaban J connectivity index is 2.30. The largest absolute Gasteiger partial charge is 0.0622 e. The molecule has 1 aliphatic rings. The Morgan fingerprint density at radius 2 is 2.00 bits per heavy atom. The third-order valence-electron chi connectivity index (χ3n) is 3.32. The fourth-order valence-electron chi connectivity index (χ4n) is 2.47. The van der Waals surface area contributed by atoms with Crippen LogP contribution in [-0.4, -0.2) is 0 Å². The molecule has 0 saturated carbocycles. The fourth-order valence-corrected chi connectivity index (χ4v) is 2.47. The summed E-state index contributed by atoms with van der Waals surface area (Å²) < 4.78 is 0. The third-order valence-corrected chi connectivity index (χ3v) is 3.32. The van der Waals surface area contributed by atoms with Crippen molar-refractivity contribution in [1.82, 2.24) is 0 Å². The Kier molecular flexibility index (Phi) is 2.90. The van der Waals surface area contributed by atoms with E-state index in [-0.39, 0.29) is 0 Å². The molecule has 0 N–H and O–H groups in total. The van der Waals surface area contributed by atoms with Crippen LogP contribution in [0.25, 0.3) is 0 Å². The zero-order chi connectivity index (χ0) is 9.97. The van der Waals surface area contributed by atoms with Crippen LogP contribution in [-0.2, 0) is 12.8 Å². The van der Waals surface area contributed by atoms with Crippen molar-refractivity contribution in [2.45, 2.75) is 46.0 Å². The summed E-state index contributed by atoms with van der Waals surface area (Å²) >= 11 is 0. The molecule has 1 aromatic rings. The van der Waals surface area contributed by atoms with Gasteiger partial charge in [-0.2, -0.15) is 0 Å². The number of hydrogen-bond donors (Lipinski definition) is 0. The number of fused-ring (bicyclic) bond motifs is 1. The minimum absolute atomic E-state index is 0.871. The molecule has 1 unspecified atom stereocenters. The van der Waals surface area contributed by atoms with Gasteiger partial charge in [-0.25, -0.2) is 0 Å². The Morgan fingerprint density at radius 1 is 1.14 bits per heavy atom. The van der Waals surface area contributed by atoms with Gasteiger partial charge in [0.15, 0.2) is 0 Å². The van der Waals surface area contributed by atoms with Gasteiger partial charge in [0.1, 0.15) is 0 Å². The molecule has 0 saturated heterocycles. The zero-order valence-electron chi connectivity index (χ0n) is 9.34. The number of benzene rings is 1. The molecule has 0 aliphatic heterocycles. The van der Waals surface area contributed by atoms with E-state index < -0.39 is 0 Å². The van der Waals surface area contributed by atoms with E-state index >= 15 is 0 Å². The van der Waals surface area contributed by atoms with Crippen LogP contribution in [0.4, 0.5) is 0 Å². The van der Waals surface area contributed by atoms with Crippen molar-refractivity contribution < 1.29 is 0 Å². The lowest BCUT2D eigenvalue weighted by molar-refractivity contribution is 0.481. The van der Waals surface area contributed by atoms with Crippen molar-refractivity contribution in [3.63, 3.8) is 0 Å². The van der Waals surface area contributed by atoms with Gasteiger partial charge < -0.3 is 0 Å². The summed E-state index contributed by atoms with van der Waals surface area (Å²) in [6.45, 7) is 4.58. The molecule has 0 bridgehead atoms. The highest BCUT2D eigenvalue weighted by molar-refractivity contribution is 5.32. The van der Waals surface area contributed by atoms with E-state index in [4.69, 9.17) is 0 Å². The van der Waals surface area contributed by atoms with Crippen LogP contribution >= 0.6 is 0 Å². The van der Waals surface area contributed by atoms with E-state index in [2.05, 4.69) is 32.0 Å². The van der Waals surface area contributed by atoms with Crippen molar-refractivity contribution in [1.29, 1.82) is 0 Å². The average Bonchev–Trinajstić information content (AvgIpc) is 2.12. The maximum absolute atomic E-state index is 2.39. The van der Waals surface area contributed by atoms with Crippen molar-refractivity contribution in [3.8, 4) is 0 Å². The monoisotopic (exact) mass is 188 g/mol. The summed E-state index contributed by atoms with van der Waals surface area (Å²) in [5.41, 5.74) is 4.62. The van der Waals surface area contributed by atoms with E-state index in [1.165, 1.54) is 37.7 Å². The van der Waals surface area contributed by atoms with Crippen LogP contribution in [0, 0.1) is 12.8 Å². The predicted octanol–water partition coefficient (Wildman–Crippen LogP) is 3.90. The first-order valence-corrected chi connectivity index (χ1v) is 5.84. The Bertz CT molecular complexity index is 312. The standard InChI is InChI=1S/C14H20/c1-11-5-3-4-6-13-8-7-12(2)10-14(13)9-11/h7-8,10-11H,3-6,9H2,1-2H3. The van der Waals surface area contributed by atoms with Crippen LogP contribution in [0.1, 0.15) is 42.9 Å². The Labute approximate surface area is 87.3 Å². The van der Waals surface area contributed by atoms with Gasteiger partial charge in [-0.3, -0.25) is 0 Å². The van der Waals surface area contributed by atoms with Crippen molar-refractivity contribution >= 4 is 0 Å². The molecule has 0 heteroatoms. The second-order valence-corrected chi connectivity index (χ2v) is 4.83. The average molecular weight is 188 g/mol. The molecule has 2 rings (SSSR count). The van der Waals surface area contributed by atoms with E-state index in [1.807, 2.05) is 0 Å². The van der Waals surface area contributed by atoms with Crippen LogP contribution in [0.5, 0.6) is 0 Å². The van der Waals surface area contributed by atoms with E-state index in [0.717, 1.165) is 5.92 Å². The van der Waals surface area contributed by atoms with Crippen LogP contribution in [0.3, 0.4) is 0 Å². The maximum atomic E-state index is 2.39. The minimum Gasteiger partial charge on any atom is -0.0622 e. The van der Waals surface area contributed by atoms with Gasteiger partial charge in [0.25, 0.3) is 0 Å². The van der Waals surface area contributed by atoms with Crippen LogP contribution in [0.2, 0.25) is 0 Å². The summed E-state index contributed by atoms with van der Waals surface area (Å²) in [5, 5.41) is 0. The first-order chi connectivity index (χ1) is 6.75. The molecule has 0 amide bonds. The van der Waals surface area contributed by atoms with Gasteiger partial charge >= 0.3 is 0 Å². The van der Waals surface area contributed by atoms with Gasteiger partial charge in [-0.05, 0) is 43.2 Å². The molecular formula is C14H20. The molecule has 0 fully saturated rings. The Morgan fingerprint density at radius 3 is 2.86 bits per heavy atom. The molecule has 1 aromatic carbocycles. The molecule has 1 atom stereocenters. The van der Waals surface area contributed by atoms with Gasteiger partial charge in [-0.1, -0.05) is 43.5 Å². The summed E-state index contributed by atoms with van der Waals surface area (Å²) in [5.74, 6) is 0.871. The van der Waals surface area contributed by atoms with Gasteiger partial charge in [0.05, 0.1) is 0 Å². The maximum Gasteiger partial charge on any atom is -0.0250 e. The van der Waals surface area contributed by atoms with Gasteiger partial charge in [-0.15, -0.1) is 0 Å². The Hall–Kier alpha value is -0.780. The predicted molar refractivity (Wildman–Crippen MR) is 61.6 cm³/mol. The normalized spacial score (nSPS) is 22.3. The summed E-state index contributed by atoms with van der Waals surface area (Å²) in [6, 6.07) is 6.98. The SMILES string of the molecule is Cc1ccc2c(c1)CC(C)CCCC2. The highest BCUT2D eigenvalue weighted by atomic mass is 14.2. The minimum atomic E-state index is 0.871. The summed E-state index contributed by atoms with van der Waals surface area (Å²) in [6.07, 6.45) is 6.78. The topological polar surface area (TPSA) is 0 Å². The zero-order valence-corrected chi connectivity index (χ0v) is 9.34. The van der Waals surface area contributed by atoms with E-state index in [1.54, 1.807) is 11.1 Å². The van der Waals surface area contributed by atoms with Crippen molar-refractivity contribution in [3.05, 3.63) is 34.9 Å². The van der Waals surface area contributed by atoms with Gasteiger partial charge in [0.2, 0.25) is 0 Å². The summed E-state index contributed by atoms with van der Waals surface area (Å²) in [7, 11) is 0. The van der Waals surface area contributed by atoms with Gasteiger partial charge in [0, 0.05) is 0 Å². The highest BCUT2D eigenvalue weighted by Crippen LogP contribution is 2.24. The quantitative estimate of drug-likeness (QED) is 0.579. The molecule has 14 heavy (non-hydrogen) atoms. The van der Waals surface area contributed by atoms with Crippen molar-refractivity contribution in [2.24, 2.45) is 5.92 Å². The summed E-state index contributed by atoms with van der Waals surface area (Å²) in [4.78, 5) is 0. The number of hydrogen-bond acceptors (Lipinski definition) is 0. The second kappa shape index (κ2) is 4.16. The molecule has 0 aromatic heterocycles. The van der Waals surface area contributed by atoms with E-state index in [0.29, 0.717) is 0 Å². The molecule has 0 nitrogen and oxygen atoms in total. The molecular weight excluding hydrogens is 168 g/mol. The van der Waals surface area contributed by atoms with Crippen molar-refractivity contribution in [2.75, 3.05) is 0 Å². The molecule has 0 heterocycles. The second-order valence-electron chi connectivity index (χ2n) is 4.83. The number of aryl methyl sites for hydroxylation is 2. The lowest BCUT2D eigenvalue weighted by Gasteiger charge is -2.19. The first kappa shape index (κ1) is 9.76. The smallest absolute Gasteiger partial charge is 0.0250 e. The lowest BCUT2D eigenvalue weighted by Crippen LogP contribution is -2.07. The highest BCUT2D eigenvalue weighted by Gasteiger charge is 2.11. The lowest BCUT2D eigenvalue weighted by atomic mass is 9.87. The number of rotatable bonds is 0.